The summed E-state index contributed by atoms with van der Waals surface area (Å²) >= 11 is 0. The summed E-state index contributed by atoms with van der Waals surface area (Å²) < 4.78 is 51.9. The van der Waals surface area contributed by atoms with Gasteiger partial charge in [0.2, 0.25) is 0 Å². The van der Waals surface area contributed by atoms with Crippen molar-refractivity contribution in [1.29, 1.82) is 0 Å². The molecule has 1 amide bonds. The number of rotatable bonds is 5. The number of amides is 1. The molecule has 1 aliphatic heterocycles. The molecule has 1 saturated heterocycles. The summed E-state index contributed by atoms with van der Waals surface area (Å²) in [6.45, 7) is 0.540. The standard InChI is InChI=1S/C15H19F2NO4S/c1-9-5-12(6-10(2)13(9)22-15(16)17)14(19)18-7-11-3-4-23(20,21)8-11/h5-6,11,15H,3-4,7-8H2,1-2H3,(H,18,19)/t11-/m1/s1. The van der Waals surface area contributed by atoms with Gasteiger partial charge in [-0.3, -0.25) is 4.79 Å². The van der Waals surface area contributed by atoms with Crippen LogP contribution in [0.4, 0.5) is 8.78 Å². The van der Waals surface area contributed by atoms with Crippen LogP contribution in [-0.4, -0.2) is 39.0 Å². The molecule has 2 rings (SSSR count). The van der Waals surface area contributed by atoms with E-state index in [1.807, 2.05) is 0 Å². The second-order valence-corrected chi connectivity index (χ2v) is 8.03. The maximum Gasteiger partial charge on any atom is 0.387 e. The molecule has 0 radical (unpaired) electrons. The third-order valence-electron chi connectivity index (χ3n) is 3.81. The van der Waals surface area contributed by atoms with Crippen molar-refractivity contribution < 1.29 is 26.7 Å². The van der Waals surface area contributed by atoms with Gasteiger partial charge in [-0.15, -0.1) is 0 Å². The minimum atomic E-state index is -2.98. The van der Waals surface area contributed by atoms with Crippen LogP contribution in [0, 0.1) is 19.8 Å². The second kappa shape index (κ2) is 6.82. The number of hydrogen-bond acceptors (Lipinski definition) is 4. The van der Waals surface area contributed by atoms with Crippen LogP contribution in [0.25, 0.3) is 0 Å². The molecule has 1 aromatic rings. The quantitative estimate of drug-likeness (QED) is 0.885. The van der Waals surface area contributed by atoms with Crippen molar-refractivity contribution in [2.75, 3.05) is 18.1 Å². The van der Waals surface area contributed by atoms with Crippen LogP contribution in [0.5, 0.6) is 5.75 Å². The van der Waals surface area contributed by atoms with Gasteiger partial charge >= 0.3 is 6.61 Å². The van der Waals surface area contributed by atoms with E-state index in [4.69, 9.17) is 0 Å². The van der Waals surface area contributed by atoms with E-state index in [-0.39, 0.29) is 35.6 Å². The number of ether oxygens (including phenoxy) is 1. The molecule has 1 N–H and O–H groups in total. The zero-order valence-electron chi connectivity index (χ0n) is 12.9. The molecule has 128 valence electrons. The Morgan fingerprint density at radius 2 is 1.96 bits per heavy atom. The van der Waals surface area contributed by atoms with Crippen molar-refractivity contribution in [3.8, 4) is 5.75 Å². The van der Waals surface area contributed by atoms with Gasteiger partial charge in [0.1, 0.15) is 5.75 Å². The normalized spacial score (nSPS) is 19.8. The lowest BCUT2D eigenvalue weighted by atomic mass is 10.0. The highest BCUT2D eigenvalue weighted by Crippen LogP contribution is 2.26. The van der Waals surface area contributed by atoms with Gasteiger partial charge in [0.05, 0.1) is 11.5 Å². The molecule has 5 nitrogen and oxygen atoms in total. The molecule has 0 saturated carbocycles. The number of alkyl halides is 2. The Labute approximate surface area is 133 Å². The fraction of sp³-hybridized carbons (Fsp3) is 0.533. The number of carbonyl (C=O) groups excluding carboxylic acids is 1. The average Bonchev–Trinajstić information content (AvgIpc) is 2.79. The van der Waals surface area contributed by atoms with Crippen molar-refractivity contribution >= 4 is 15.7 Å². The fourth-order valence-corrected chi connectivity index (χ4v) is 4.59. The van der Waals surface area contributed by atoms with Crippen LogP contribution in [-0.2, 0) is 9.84 Å². The summed E-state index contributed by atoms with van der Waals surface area (Å²) in [7, 11) is -2.98. The van der Waals surface area contributed by atoms with E-state index in [0.29, 0.717) is 23.1 Å². The van der Waals surface area contributed by atoms with Gasteiger partial charge in [0.25, 0.3) is 5.91 Å². The molecule has 1 heterocycles. The van der Waals surface area contributed by atoms with Crippen molar-refractivity contribution in [1.82, 2.24) is 5.32 Å². The first-order chi connectivity index (χ1) is 10.7. The van der Waals surface area contributed by atoms with Crippen LogP contribution in [0.1, 0.15) is 27.9 Å². The van der Waals surface area contributed by atoms with E-state index in [1.54, 1.807) is 13.8 Å². The maximum atomic E-state index is 12.3. The lowest BCUT2D eigenvalue weighted by molar-refractivity contribution is -0.0507. The number of halogens is 2. The van der Waals surface area contributed by atoms with Crippen LogP contribution < -0.4 is 10.1 Å². The maximum absolute atomic E-state index is 12.3. The van der Waals surface area contributed by atoms with E-state index >= 15 is 0 Å². The van der Waals surface area contributed by atoms with Crippen molar-refractivity contribution in [2.24, 2.45) is 5.92 Å². The number of hydrogen-bond donors (Lipinski definition) is 1. The first kappa shape index (κ1) is 17.7. The zero-order chi connectivity index (χ0) is 17.2. The second-order valence-electron chi connectivity index (χ2n) is 5.80. The van der Waals surface area contributed by atoms with Gasteiger partial charge < -0.3 is 10.1 Å². The Hall–Kier alpha value is -1.70. The van der Waals surface area contributed by atoms with Crippen molar-refractivity contribution in [2.45, 2.75) is 26.9 Å². The fourth-order valence-electron chi connectivity index (χ4n) is 2.73. The van der Waals surface area contributed by atoms with Gasteiger partial charge in [0.15, 0.2) is 9.84 Å². The number of sulfone groups is 1. The summed E-state index contributed by atoms with van der Waals surface area (Å²) in [5.41, 5.74) is 1.22. The highest BCUT2D eigenvalue weighted by atomic mass is 32.2. The predicted octanol–water partition coefficient (Wildman–Crippen LogP) is 2.07. The number of benzene rings is 1. The van der Waals surface area contributed by atoms with E-state index in [9.17, 15) is 22.0 Å². The summed E-state index contributed by atoms with van der Waals surface area (Å²) in [5.74, 6) is -0.118. The third-order valence-corrected chi connectivity index (χ3v) is 5.64. The molecular formula is C15H19F2NO4S. The summed E-state index contributed by atoms with van der Waals surface area (Å²) in [6.07, 6.45) is 0.543. The molecule has 1 aliphatic rings. The Bertz CT molecular complexity index is 680. The number of nitrogens with one attached hydrogen (secondary N) is 1. The lowest BCUT2D eigenvalue weighted by Gasteiger charge is -2.14. The molecule has 0 aromatic heterocycles. The zero-order valence-corrected chi connectivity index (χ0v) is 13.8. The van der Waals surface area contributed by atoms with Gasteiger partial charge in [-0.2, -0.15) is 8.78 Å². The highest BCUT2D eigenvalue weighted by molar-refractivity contribution is 7.91. The molecule has 0 bridgehead atoms. The van der Waals surface area contributed by atoms with Crippen LogP contribution in [0.15, 0.2) is 12.1 Å². The molecule has 0 unspecified atom stereocenters. The van der Waals surface area contributed by atoms with Crippen LogP contribution in [0.2, 0.25) is 0 Å². The highest BCUT2D eigenvalue weighted by Gasteiger charge is 2.28. The first-order valence-electron chi connectivity index (χ1n) is 7.22. The molecule has 0 aliphatic carbocycles. The average molecular weight is 347 g/mol. The monoisotopic (exact) mass is 347 g/mol. The van der Waals surface area contributed by atoms with E-state index in [1.165, 1.54) is 12.1 Å². The molecular weight excluding hydrogens is 328 g/mol. The lowest BCUT2D eigenvalue weighted by Crippen LogP contribution is -2.30. The Kier molecular flexibility index (Phi) is 5.23. The number of carbonyl (C=O) groups is 1. The third kappa shape index (κ3) is 4.63. The predicted molar refractivity (Wildman–Crippen MR) is 81.6 cm³/mol. The molecule has 0 spiro atoms. The first-order valence-corrected chi connectivity index (χ1v) is 9.05. The van der Waals surface area contributed by atoms with Crippen molar-refractivity contribution in [3.05, 3.63) is 28.8 Å². The van der Waals surface area contributed by atoms with Crippen LogP contribution >= 0.6 is 0 Å². The summed E-state index contributed by atoms with van der Waals surface area (Å²) in [6, 6.07) is 2.96. The van der Waals surface area contributed by atoms with Crippen molar-refractivity contribution in [3.63, 3.8) is 0 Å². The van der Waals surface area contributed by atoms with E-state index in [0.717, 1.165) is 0 Å². The minimum Gasteiger partial charge on any atom is -0.434 e. The Morgan fingerprint density at radius 1 is 1.35 bits per heavy atom. The molecule has 8 heteroatoms. The Balaban J connectivity index is 2.02. The van der Waals surface area contributed by atoms with Gasteiger partial charge in [-0.25, -0.2) is 8.42 Å². The summed E-state index contributed by atoms with van der Waals surface area (Å²) in [4.78, 5) is 12.2. The van der Waals surface area contributed by atoms with E-state index in [2.05, 4.69) is 10.1 Å². The molecule has 1 aromatic carbocycles. The number of aryl methyl sites for hydroxylation is 2. The largest absolute Gasteiger partial charge is 0.434 e. The molecule has 1 atom stereocenters. The molecule has 1 fully saturated rings. The van der Waals surface area contributed by atoms with Gasteiger partial charge in [-0.1, -0.05) is 0 Å². The van der Waals surface area contributed by atoms with Gasteiger partial charge in [0, 0.05) is 12.1 Å². The van der Waals surface area contributed by atoms with Gasteiger partial charge in [-0.05, 0) is 49.4 Å². The minimum absolute atomic E-state index is 0.0680. The van der Waals surface area contributed by atoms with E-state index < -0.39 is 16.4 Å². The SMILES string of the molecule is Cc1cc(C(=O)NC[C@H]2CCS(=O)(=O)C2)cc(C)c1OC(F)F. The van der Waals surface area contributed by atoms with Crippen LogP contribution in [0.3, 0.4) is 0 Å². The Morgan fingerprint density at radius 3 is 2.43 bits per heavy atom. The smallest absolute Gasteiger partial charge is 0.387 e. The topological polar surface area (TPSA) is 72.5 Å². The molecule has 23 heavy (non-hydrogen) atoms. The summed E-state index contributed by atoms with van der Waals surface area (Å²) in [5, 5.41) is 2.70.